The van der Waals surface area contributed by atoms with E-state index in [1.165, 1.54) is 24.3 Å². The summed E-state index contributed by atoms with van der Waals surface area (Å²) in [6.45, 7) is 9.45. The molecule has 2 aromatic rings. The second-order valence-corrected chi connectivity index (χ2v) is 9.67. The number of hydrogen-bond acceptors (Lipinski definition) is 4. The van der Waals surface area contributed by atoms with Crippen molar-refractivity contribution < 1.29 is 4.74 Å². The predicted octanol–water partition coefficient (Wildman–Crippen LogP) is 5.09. The van der Waals surface area contributed by atoms with Crippen LogP contribution in [0.5, 0.6) is 5.75 Å². The van der Waals surface area contributed by atoms with Crippen molar-refractivity contribution in [3.05, 3.63) is 52.7 Å². The first kappa shape index (κ1) is 25.3. The number of likely N-dealkylation sites (tertiary alicyclic amines) is 2. The number of nitrogens with one attached hydrogen (secondary N) is 1. The van der Waals surface area contributed by atoms with Gasteiger partial charge in [0.2, 0.25) is 0 Å². The number of ether oxygens (including phenoxy) is 1. The molecule has 0 spiro atoms. The molecule has 0 amide bonds. The first-order valence-corrected chi connectivity index (χ1v) is 12.7. The highest BCUT2D eigenvalue weighted by atomic mass is 127. The number of benzene rings is 1. The summed E-state index contributed by atoms with van der Waals surface area (Å²) in [4.78, 5) is 11.6. The van der Waals surface area contributed by atoms with Crippen LogP contribution >= 0.6 is 35.3 Å². The van der Waals surface area contributed by atoms with Gasteiger partial charge in [0.25, 0.3) is 0 Å². The minimum Gasteiger partial charge on any atom is -0.490 e. The topological polar surface area (TPSA) is 40.1 Å². The largest absolute Gasteiger partial charge is 0.490 e. The summed E-state index contributed by atoms with van der Waals surface area (Å²) in [7, 11) is 0. The van der Waals surface area contributed by atoms with Crippen LogP contribution in [0.1, 0.15) is 37.5 Å². The van der Waals surface area contributed by atoms with E-state index in [0.717, 1.165) is 63.8 Å². The van der Waals surface area contributed by atoms with Crippen LogP contribution in [0.2, 0.25) is 0 Å². The maximum absolute atomic E-state index is 6.16. The van der Waals surface area contributed by atoms with Gasteiger partial charge < -0.3 is 15.0 Å². The van der Waals surface area contributed by atoms with Crippen LogP contribution in [0.25, 0.3) is 0 Å². The van der Waals surface area contributed by atoms with Crippen LogP contribution in [-0.4, -0.2) is 61.1 Å². The summed E-state index contributed by atoms with van der Waals surface area (Å²) in [6.07, 6.45) is 4.95. The fraction of sp³-hybridized carbons (Fsp3) is 0.560. The lowest BCUT2D eigenvalue weighted by Gasteiger charge is -2.35. The summed E-state index contributed by atoms with van der Waals surface area (Å²) in [5, 5.41) is 5.71. The van der Waals surface area contributed by atoms with Crippen molar-refractivity contribution in [1.82, 2.24) is 15.1 Å². The lowest BCUT2D eigenvalue weighted by molar-refractivity contribution is 0.129. The van der Waals surface area contributed by atoms with E-state index in [0.29, 0.717) is 12.0 Å². The number of halogens is 1. The number of guanidine groups is 1. The zero-order valence-electron chi connectivity index (χ0n) is 19.1. The second kappa shape index (κ2) is 13.4. The molecule has 1 atom stereocenters. The van der Waals surface area contributed by atoms with Gasteiger partial charge in [-0.25, -0.2) is 0 Å². The maximum atomic E-state index is 6.16. The van der Waals surface area contributed by atoms with Crippen LogP contribution in [-0.2, 0) is 6.54 Å². The molecule has 5 nitrogen and oxygen atoms in total. The third kappa shape index (κ3) is 7.63. The molecular weight excluding hydrogens is 531 g/mol. The van der Waals surface area contributed by atoms with Crippen molar-refractivity contribution in [2.24, 2.45) is 10.9 Å². The number of para-hydroxylation sites is 1. The molecule has 32 heavy (non-hydrogen) atoms. The Balaban J connectivity index is 0.00000289. The van der Waals surface area contributed by atoms with Crippen LogP contribution in [0.4, 0.5) is 0 Å². The third-order valence-electron chi connectivity index (χ3n) is 6.18. The fourth-order valence-electron chi connectivity index (χ4n) is 4.59. The Hall–Kier alpha value is -1.32. The molecule has 0 radical (unpaired) electrons. The van der Waals surface area contributed by atoms with Gasteiger partial charge in [0, 0.05) is 57.0 Å². The molecule has 4 rings (SSSR count). The zero-order chi connectivity index (χ0) is 21.3. The number of piperidine rings is 2. The molecule has 7 heteroatoms. The summed E-state index contributed by atoms with van der Waals surface area (Å²) in [5.41, 5.74) is 0. The van der Waals surface area contributed by atoms with E-state index in [1.807, 2.05) is 41.7 Å². The molecule has 2 aliphatic heterocycles. The maximum Gasteiger partial charge on any atom is 0.193 e. The molecular formula is C25H37IN4OS. The normalized spacial score (nSPS) is 20.6. The average Bonchev–Trinajstić information content (AvgIpc) is 3.31. The van der Waals surface area contributed by atoms with Crippen molar-refractivity contribution in [1.29, 1.82) is 0 Å². The molecule has 0 bridgehead atoms. The van der Waals surface area contributed by atoms with E-state index < -0.39 is 0 Å². The smallest absolute Gasteiger partial charge is 0.193 e. The monoisotopic (exact) mass is 568 g/mol. The third-order valence-corrected chi connectivity index (χ3v) is 7.05. The Kier molecular flexibility index (Phi) is 10.6. The van der Waals surface area contributed by atoms with Gasteiger partial charge in [-0.3, -0.25) is 9.89 Å². The lowest BCUT2D eigenvalue weighted by atomic mass is 9.98. The summed E-state index contributed by atoms with van der Waals surface area (Å²) >= 11 is 1.87. The minimum absolute atomic E-state index is 0. The van der Waals surface area contributed by atoms with E-state index in [1.54, 1.807) is 0 Å². The highest BCUT2D eigenvalue weighted by molar-refractivity contribution is 14.0. The molecule has 2 fully saturated rings. The molecule has 3 heterocycles. The summed E-state index contributed by atoms with van der Waals surface area (Å²) < 4.78 is 6.16. The molecule has 0 aliphatic carbocycles. The Morgan fingerprint density at radius 1 is 1.09 bits per heavy atom. The van der Waals surface area contributed by atoms with E-state index in [9.17, 15) is 0 Å². The molecule has 2 aliphatic rings. The highest BCUT2D eigenvalue weighted by Crippen LogP contribution is 2.22. The quantitative estimate of drug-likeness (QED) is 0.287. The molecule has 1 unspecified atom stereocenters. The highest BCUT2D eigenvalue weighted by Gasteiger charge is 2.24. The number of nitrogens with zero attached hydrogens (tertiary/aromatic N) is 3. The number of thiophene rings is 1. The van der Waals surface area contributed by atoms with Crippen molar-refractivity contribution in [2.75, 3.05) is 39.3 Å². The Bertz CT molecular complexity index is 794. The van der Waals surface area contributed by atoms with Crippen molar-refractivity contribution in [3.8, 4) is 5.75 Å². The van der Waals surface area contributed by atoms with Crippen molar-refractivity contribution in [2.45, 2.75) is 45.3 Å². The van der Waals surface area contributed by atoms with Crippen molar-refractivity contribution in [3.63, 3.8) is 0 Å². The molecule has 0 saturated carbocycles. The van der Waals surface area contributed by atoms with Crippen molar-refractivity contribution >= 4 is 41.3 Å². The molecule has 1 aromatic carbocycles. The van der Waals surface area contributed by atoms with Gasteiger partial charge >= 0.3 is 0 Å². The summed E-state index contributed by atoms with van der Waals surface area (Å²) in [5.74, 6) is 2.71. The van der Waals surface area contributed by atoms with Gasteiger partial charge in [-0.2, -0.15) is 0 Å². The van der Waals surface area contributed by atoms with Gasteiger partial charge in [-0.05, 0) is 55.8 Å². The molecule has 1 N–H and O–H groups in total. The summed E-state index contributed by atoms with van der Waals surface area (Å²) in [6, 6.07) is 14.6. The number of hydrogen-bond donors (Lipinski definition) is 1. The van der Waals surface area contributed by atoms with Crippen LogP contribution in [0, 0.1) is 5.92 Å². The van der Waals surface area contributed by atoms with Gasteiger partial charge in [-0.15, -0.1) is 35.3 Å². The van der Waals surface area contributed by atoms with Gasteiger partial charge in [0.1, 0.15) is 11.9 Å². The number of rotatable bonds is 7. The number of aliphatic imine (C=N–C) groups is 1. The van der Waals surface area contributed by atoms with Crippen LogP contribution in [0.15, 0.2) is 52.8 Å². The lowest BCUT2D eigenvalue weighted by Crippen LogP contribution is -2.48. The van der Waals surface area contributed by atoms with E-state index >= 15 is 0 Å². The minimum atomic E-state index is 0. The van der Waals surface area contributed by atoms with Gasteiger partial charge in [-0.1, -0.05) is 24.3 Å². The Morgan fingerprint density at radius 3 is 2.62 bits per heavy atom. The first-order valence-electron chi connectivity index (χ1n) is 11.8. The van der Waals surface area contributed by atoms with Crippen LogP contribution < -0.4 is 10.1 Å². The van der Waals surface area contributed by atoms with E-state index in [-0.39, 0.29) is 24.0 Å². The Labute approximate surface area is 214 Å². The van der Waals surface area contributed by atoms with E-state index in [4.69, 9.17) is 9.73 Å². The predicted molar refractivity (Wildman–Crippen MR) is 145 cm³/mol. The van der Waals surface area contributed by atoms with E-state index in [2.05, 4.69) is 39.6 Å². The standard InChI is InChI=1S/C25H36N4OS.HI/c1-2-26-25(29-15-12-23(13-16-29)30-22-9-4-3-5-10-22)27-18-21-8-6-14-28(19-21)20-24-11-7-17-31-24;/h3-5,7,9-11,17,21,23H,2,6,8,12-16,18-20H2,1H3,(H,26,27);1H. The van der Waals surface area contributed by atoms with Gasteiger partial charge in [0.15, 0.2) is 5.96 Å². The molecule has 176 valence electrons. The second-order valence-electron chi connectivity index (χ2n) is 8.63. The zero-order valence-corrected chi connectivity index (χ0v) is 22.3. The molecule has 2 saturated heterocycles. The Morgan fingerprint density at radius 2 is 1.91 bits per heavy atom. The molecule has 1 aromatic heterocycles. The fourth-order valence-corrected chi connectivity index (χ4v) is 5.33. The first-order chi connectivity index (χ1) is 15.3. The SMILES string of the molecule is CCNC(=NCC1CCCN(Cc2cccs2)C1)N1CCC(Oc2ccccc2)CC1.I. The van der Waals surface area contributed by atoms with Gasteiger partial charge in [0.05, 0.1) is 0 Å². The average molecular weight is 569 g/mol. The van der Waals surface area contributed by atoms with Crippen LogP contribution in [0.3, 0.4) is 0 Å².